The molecule has 0 saturated carbocycles. The summed E-state index contributed by atoms with van der Waals surface area (Å²) in [5, 5.41) is 8.57. The number of nitrogens with one attached hydrogen (secondary N) is 1. The SMILES string of the molecule is O=C(O)/C=C/c1ccnc(NS(=O)(=O)N2CCOCC2)c1. The second-order valence-electron chi connectivity index (χ2n) is 4.26. The molecule has 1 aliphatic rings. The summed E-state index contributed by atoms with van der Waals surface area (Å²) in [4.78, 5) is 14.4. The predicted molar refractivity (Wildman–Crippen MR) is 75.8 cm³/mol. The number of ether oxygens (including phenoxy) is 1. The van der Waals surface area contributed by atoms with E-state index in [-0.39, 0.29) is 18.9 Å². The first-order valence-corrected chi connectivity index (χ1v) is 7.64. The highest BCUT2D eigenvalue weighted by Gasteiger charge is 2.24. The number of nitrogens with zero attached hydrogens (tertiary/aromatic N) is 2. The monoisotopic (exact) mass is 313 g/mol. The molecular weight excluding hydrogens is 298 g/mol. The third-order valence-corrected chi connectivity index (χ3v) is 4.26. The Morgan fingerprint density at radius 2 is 2.14 bits per heavy atom. The molecule has 0 radical (unpaired) electrons. The van der Waals surface area contributed by atoms with E-state index in [0.29, 0.717) is 18.8 Å². The number of carboxylic acids is 1. The zero-order chi connectivity index (χ0) is 15.3. The average Bonchev–Trinajstić information content (AvgIpc) is 2.46. The lowest BCUT2D eigenvalue weighted by molar-refractivity contribution is -0.131. The fourth-order valence-electron chi connectivity index (χ4n) is 1.76. The lowest BCUT2D eigenvalue weighted by Crippen LogP contribution is -2.43. The summed E-state index contributed by atoms with van der Waals surface area (Å²) >= 11 is 0. The minimum atomic E-state index is -3.68. The van der Waals surface area contributed by atoms with E-state index in [4.69, 9.17) is 9.84 Å². The zero-order valence-electron chi connectivity index (χ0n) is 11.1. The van der Waals surface area contributed by atoms with Crippen LogP contribution >= 0.6 is 0 Å². The summed E-state index contributed by atoms with van der Waals surface area (Å²) in [6.45, 7) is 1.29. The van der Waals surface area contributed by atoms with Gasteiger partial charge in [-0.1, -0.05) is 0 Å². The minimum Gasteiger partial charge on any atom is -0.478 e. The van der Waals surface area contributed by atoms with Gasteiger partial charge in [0.05, 0.1) is 13.2 Å². The van der Waals surface area contributed by atoms with Crippen molar-refractivity contribution < 1.29 is 23.1 Å². The molecule has 2 heterocycles. The van der Waals surface area contributed by atoms with Crippen LogP contribution in [0.5, 0.6) is 0 Å². The lowest BCUT2D eigenvalue weighted by atomic mass is 10.2. The van der Waals surface area contributed by atoms with Crippen molar-refractivity contribution in [1.82, 2.24) is 9.29 Å². The summed E-state index contributed by atoms with van der Waals surface area (Å²) in [7, 11) is -3.68. The molecule has 1 fully saturated rings. The van der Waals surface area contributed by atoms with Gasteiger partial charge in [-0.05, 0) is 23.8 Å². The van der Waals surface area contributed by atoms with E-state index >= 15 is 0 Å². The largest absolute Gasteiger partial charge is 0.478 e. The maximum atomic E-state index is 12.1. The number of carboxylic acid groups (broad SMARTS) is 1. The molecular formula is C12H15N3O5S. The molecule has 1 aromatic heterocycles. The Morgan fingerprint density at radius 1 is 1.43 bits per heavy atom. The highest BCUT2D eigenvalue weighted by molar-refractivity contribution is 7.90. The molecule has 8 nitrogen and oxygen atoms in total. The average molecular weight is 313 g/mol. The molecule has 0 aliphatic carbocycles. The molecule has 0 bridgehead atoms. The number of hydrogen-bond donors (Lipinski definition) is 2. The van der Waals surface area contributed by atoms with Crippen molar-refractivity contribution in [3.63, 3.8) is 0 Å². The maximum absolute atomic E-state index is 12.1. The fourth-order valence-corrected chi connectivity index (χ4v) is 2.89. The Morgan fingerprint density at radius 3 is 2.81 bits per heavy atom. The van der Waals surface area contributed by atoms with Crippen LogP contribution in [0.4, 0.5) is 5.82 Å². The Labute approximate surface area is 122 Å². The third-order valence-electron chi connectivity index (χ3n) is 2.75. The first-order chi connectivity index (χ1) is 9.97. The van der Waals surface area contributed by atoms with Gasteiger partial charge in [0, 0.05) is 25.4 Å². The highest BCUT2D eigenvalue weighted by atomic mass is 32.2. The smallest absolute Gasteiger partial charge is 0.328 e. The summed E-state index contributed by atoms with van der Waals surface area (Å²) < 4.78 is 33.0. The summed E-state index contributed by atoms with van der Waals surface area (Å²) in [5.41, 5.74) is 0.534. The Balaban J connectivity index is 2.11. The van der Waals surface area contributed by atoms with Gasteiger partial charge in [-0.2, -0.15) is 12.7 Å². The van der Waals surface area contributed by atoms with Gasteiger partial charge in [0.1, 0.15) is 5.82 Å². The van der Waals surface area contributed by atoms with Crippen molar-refractivity contribution in [2.45, 2.75) is 0 Å². The predicted octanol–water partition coefficient (Wildman–Crippen LogP) is 0.168. The molecule has 2 rings (SSSR count). The van der Waals surface area contributed by atoms with Crippen molar-refractivity contribution >= 4 is 28.1 Å². The molecule has 9 heteroatoms. The highest BCUT2D eigenvalue weighted by Crippen LogP contribution is 2.13. The summed E-state index contributed by atoms with van der Waals surface area (Å²) in [6.07, 6.45) is 3.73. The molecule has 2 N–H and O–H groups in total. The van der Waals surface area contributed by atoms with Gasteiger partial charge < -0.3 is 9.84 Å². The summed E-state index contributed by atoms with van der Waals surface area (Å²) in [5.74, 6) is -0.948. The molecule has 1 aromatic rings. The van der Waals surface area contributed by atoms with Gasteiger partial charge in [-0.3, -0.25) is 4.72 Å². The Bertz CT molecular complexity index is 638. The van der Waals surface area contributed by atoms with Crippen LogP contribution in [0.3, 0.4) is 0 Å². The van der Waals surface area contributed by atoms with Crippen LogP contribution in [-0.2, 0) is 19.7 Å². The van der Waals surface area contributed by atoms with Gasteiger partial charge in [0.25, 0.3) is 0 Å². The van der Waals surface area contributed by atoms with Crippen LogP contribution in [0.2, 0.25) is 0 Å². The molecule has 0 unspecified atom stereocenters. The first-order valence-electron chi connectivity index (χ1n) is 6.20. The third kappa shape index (κ3) is 4.52. The van der Waals surface area contributed by atoms with Crippen molar-refractivity contribution in [3.8, 4) is 0 Å². The standard InChI is InChI=1S/C12H15N3O5S/c16-12(17)2-1-10-3-4-13-11(9-10)14-21(18,19)15-5-7-20-8-6-15/h1-4,9H,5-8H2,(H,13,14)(H,16,17)/b2-1+. The quantitative estimate of drug-likeness (QED) is 0.750. The van der Waals surface area contributed by atoms with Crippen molar-refractivity contribution in [1.29, 1.82) is 0 Å². The molecule has 0 spiro atoms. The molecule has 0 amide bonds. The molecule has 0 aromatic carbocycles. The Hall–Kier alpha value is -1.97. The van der Waals surface area contributed by atoms with Crippen LogP contribution in [0.1, 0.15) is 5.56 Å². The van der Waals surface area contributed by atoms with Gasteiger partial charge in [0.2, 0.25) is 0 Å². The molecule has 21 heavy (non-hydrogen) atoms. The second-order valence-corrected chi connectivity index (χ2v) is 5.94. The molecule has 1 saturated heterocycles. The van der Waals surface area contributed by atoms with Crippen molar-refractivity contribution in [2.75, 3.05) is 31.0 Å². The maximum Gasteiger partial charge on any atom is 0.328 e. The van der Waals surface area contributed by atoms with Crippen LogP contribution < -0.4 is 4.72 Å². The van der Waals surface area contributed by atoms with Crippen molar-refractivity contribution in [2.24, 2.45) is 0 Å². The van der Waals surface area contributed by atoms with Crippen molar-refractivity contribution in [3.05, 3.63) is 30.0 Å². The lowest BCUT2D eigenvalue weighted by Gasteiger charge is -2.26. The molecule has 0 atom stereocenters. The number of rotatable bonds is 5. The number of carbonyl (C=O) groups is 1. The van der Waals surface area contributed by atoms with Crippen LogP contribution in [0.25, 0.3) is 6.08 Å². The number of aromatic nitrogens is 1. The first kappa shape index (κ1) is 15.4. The summed E-state index contributed by atoms with van der Waals surface area (Å²) in [6, 6.07) is 3.03. The van der Waals surface area contributed by atoms with E-state index in [1.54, 1.807) is 6.07 Å². The van der Waals surface area contributed by atoms with E-state index < -0.39 is 16.2 Å². The normalized spacial score (nSPS) is 17.0. The topological polar surface area (TPSA) is 109 Å². The number of morpholine rings is 1. The van der Waals surface area contributed by atoms with Gasteiger partial charge >= 0.3 is 16.2 Å². The minimum absolute atomic E-state index is 0.133. The van der Waals surface area contributed by atoms with E-state index in [0.717, 1.165) is 6.08 Å². The van der Waals surface area contributed by atoms with Gasteiger partial charge in [-0.15, -0.1) is 0 Å². The van der Waals surface area contributed by atoms with E-state index in [1.165, 1.54) is 22.6 Å². The zero-order valence-corrected chi connectivity index (χ0v) is 11.9. The number of pyridine rings is 1. The van der Waals surface area contributed by atoms with E-state index in [2.05, 4.69) is 9.71 Å². The number of hydrogen-bond acceptors (Lipinski definition) is 5. The van der Waals surface area contributed by atoms with Gasteiger partial charge in [0.15, 0.2) is 0 Å². The fraction of sp³-hybridized carbons (Fsp3) is 0.333. The van der Waals surface area contributed by atoms with Crippen LogP contribution in [0.15, 0.2) is 24.4 Å². The molecule has 114 valence electrons. The van der Waals surface area contributed by atoms with Gasteiger partial charge in [-0.25, -0.2) is 9.78 Å². The second kappa shape index (κ2) is 6.66. The van der Waals surface area contributed by atoms with Crippen LogP contribution in [-0.4, -0.2) is 55.1 Å². The van der Waals surface area contributed by atoms with Crippen LogP contribution in [0, 0.1) is 0 Å². The number of anilines is 1. The van der Waals surface area contributed by atoms with E-state index in [9.17, 15) is 13.2 Å². The van der Waals surface area contributed by atoms with E-state index in [1.807, 2.05) is 0 Å². The Kier molecular flexibility index (Phi) is 4.89. The molecule has 1 aliphatic heterocycles. The number of aliphatic carboxylic acids is 1.